The molecule has 172 valence electrons. The highest BCUT2D eigenvalue weighted by Crippen LogP contribution is 2.24. The number of aromatic nitrogens is 2. The topological polar surface area (TPSA) is 102 Å². The predicted molar refractivity (Wildman–Crippen MR) is 123 cm³/mol. The lowest BCUT2D eigenvalue weighted by molar-refractivity contribution is -0.107. The summed E-state index contributed by atoms with van der Waals surface area (Å²) < 4.78 is 21.1. The molecule has 3 aromatic rings. The van der Waals surface area contributed by atoms with Crippen LogP contribution in [0.4, 0.5) is 16.0 Å². The minimum absolute atomic E-state index is 0.0666. The van der Waals surface area contributed by atoms with Gasteiger partial charge in [0.15, 0.2) is 11.6 Å². The summed E-state index contributed by atoms with van der Waals surface area (Å²) in [6.45, 7) is 3.41. The van der Waals surface area contributed by atoms with Crippen molar-refractivity contribution in [3.63, 3.8) is 0 Å². The SMILES string of the molecule is CC(C)Oc1ccc(Nc2ncc(C(=O)NCC=O)c(=O)n2Cc2ccc(Cl)cc2)cc1F. The van der Waals surface area contributed by atoms with Gasteiger partial charge in [-0.15, -0.1) is 0 Å². The van der Waals surface area contributed by atoms with Crippen molar-refractivity contribution >= 4 is 35.4 Å². The van der Waals surface area contributed by atoms with Crippen molar-refractivity contribution in [2.24, 2.45) is 0 Å². The Morgan fingerprint density at radius 2 is 1.97 bits per heavy atom. The fraction of sp³-hybridized carbons (Fsp3) is 0.217. The van der Waals surface area contributed by atoms with Crippen LogP contribution in [0.2, 0.25) is 5.02 Å². The molecule has 8 nitrogen and oxygen atoms in total. The number of rotatable bonds is 9. The maximum atomic E-state index is 14.4. The van der Waals surface area contributed by atoms with Gasteiger partial charge in [0.1, 0.15) is 11.8 Å². The maximum Gasteiger partial charge on any atom is 0.268 e. The Balaban J connectivity index is 1.99. The molecule has 33 heavy (non-hydrogen) atoms. The second-order valence-corrected chi connectivity index (χ2v) is 7.76. The van der Waals surface area contributed by atoms with E-state index in [9.17, 15) is 18.8 Å². The zero-order valence-corrected chi connectivity index (χ0v) is 18.7. The molecule has 2 aromatic carbocycles. The average Bonchev–Trinajstić information content (AvgIpc) is 2.77. The van der Waals surface area contributed by atoms with Gasteiger partial charge in [-0.05, 0) is 43.7 Å². The van der Waals surface area contributed by atoms with E-state index in [1.807, 2.05) is 0 Å². The highest BCUT2D eigenvalue weighted by atomic mass is 35.5. The van der Waals surface area contributed by atoms with Crippen LogP contribution in [0.5, 0.6) is 5.75 Å². The zero-order chi connectivity index (χ0) is 24.0. The number of carbonyl (C=O) groups is 2. The number of benzene rings is 2. The van der Waals surface area contributed by atoms with Crippen LogP contribution in [-0.2, 0) is 11.3 Å². The predicted octanol–water partition coefficient (Wildman–Crippen LogP) is 3.54. The van der Waals surface area contributed by atoms with E-state index in [1.165, 1.54) is 16.7 Å². The molecule has 1 heterocycles. The summed E-state index contributed by atoms with van der Waals surface area (Å²) in [6.07, 6.45) is 1.42. The Labute approximate surface area is 194 Å². The molecule has 0 fully saturated rings. The molecule has 0 unspecified atom stereocenters. The normalized spacial score (nSPS) is 10.7. The summed E-state index contributed by atoms with van der Waals surface area (Å²) >= 11 is 5.94. The summed E-state index contributed by atoms with van der Waals surface area (Å²) in [4.78, 5) is 40.2. The van der Waals surface area contributed by atoms with Crippen molar-refractivity contribution in [2.45, 2.75) is 26.5 Å². The maximum absolute atomic E-state index is 14.4. The molecule has 0 aliphatic carbocycles. The Hall–Kier alpha value is -3.72. The molecule has 0 atom stereocenters. The fourth-order valence-corrected chi connectivity index (χ4v) is 3.08. The lowest BCUT2D eigenvalue weighted by Gasteiger charge is -2.16. The van der Waals surface area contributed by atoms with Gasteiger partial charge in [0, 0.05) is 23.0 Å². The third-order valence-corrected chi connectivity index (χ3v) is 4.69. The zero-order valence-electron chi connectivity index (χ0n) is 18.0. The van der Waals surface area contributed by atoms with Crippen LogP contribution < -0.4 is 20.9 Å². The third-order valence-electron chi connectivity index (χ3n) is 4.44. The average molecular weight is 473 g/mol. The van der Waals surface area contributed by atoms with Crippen LogP contribution in [-0.4, -0.2) is 34.4 Å². The van der Waals surface area contributed by atoms with E-state index < -0.39 is 17.3 Å². The summed E-state index contributed by atoms with van der Waals surface area (Å²) in [5.74, 6) is -1.11. The molecule has 2 N–H and O–H groups in total. The molecule has 0 aliphatic heterocycles. The first kappa shape index (κ1) is 23.9. The van der Waals surface area contributed by atoms with Gasteiger partial charge >= 0.3 is 0 Å². The minimum atomic E-state index is -0.725. The number of amides is 1. The van der Waals surface area contributed by atoms with Crippen molar-refractivity contribution < 1.29 is 18.7 Å². The van der Waals surface area contributed by atoms with E-state index in [0.717, 1.165) is 11.8 Å². The highest BCUT2D eigenvalue weighted by molar-refractivity contribution is 6.30. The van der Waals surface area contributed by atoms with E-state index in [1.54, 1.807) is 44.2 Å². The second-order valence-electron chi connectivity index (χ2n) is 7.33. The van der Waals surface area contributed by atoms with E-state index in [-0.39, 0.29) is 36.5 Å². The van der Waals surface area contributed by atoms with Crippen LogP contribution in [0.3, 0.4) is 0 Å². The van der Waals surface area contributed by atoms with Gasteiger partial charge in [-0.3, -0.25) is 14.2 Å². The molecule has 0 bridgehead atoms. The van der Waals surface area contributed by atoms with Crippen LogP contribution in [0.15, 0.2) is 53.5 Å². The molecule has 0 spiro atoms. The Kier molecular flexibility index (Phi) is 7.78. The number of nitrogens with one attached hydrogen (secondary N) is 2. The van der Waals surface area contributed by atoms with E-state index in [2.05, 4.69) is 15.6 Å². The quantitative estimate of drug-likeness (QED) is 0.462. The van der Waals surface area contributed by atoms with E-state index in [0.29, 0.717) is 17.0 Å². The van der Waals surface area contributed by atoms with Gasteiger partial charge in [-0.2, -0.15) is 0 Å². The van der Waals surface area contributed by atoms with Gasteiger partial charge in [-0.1, -0.05) is 23.7 Å². The molecule has 3 rings (SSSR count). The number of nitrogens with zero attached hydrogens (tertiary/aromatic N) is 2. The monoisotopic (exact) mass is 472 g/mol. The number of hydrogen-bond acceptors (Lipinski definition) is 6. The molecule has 0 aliphatic rings. The van der Waals surface area contributed by atoms with Crippen molar-refractivity contribution in [3.8, 4) is 5.75 Å². The van der Waals surface area contributed by atoms with Crippen molar-refractivity contribution in [3.05, 3.63) is 81.0 Å². The number of carbonyl (C=O) groups excluding carboxylic acids is 2. The second kappa shape index (κ2) is 10.7. The summed E-state index contributed by atoms with van der Waals surface area (Å²) in [7, 11) is 0. The molecule has 0 radical (unpaired) electrons. The van der Waals surface area contributed by atoms with Gasteiger partial charge in [0.25, 0.3) is 11.5 Å². The molecule has 1 amide bonds. The summed E-state index contributed by atoms with van der Waals surface area (Å²) in [5.41, 5.74) is 0.191. The number of halogens is 2. The summed E-state index contributed by atoms with van der Waals surface area (Å²) in [5, 5.41) is 5.77. The lowest BCUT2D eigenvalue weighted by atomic mass is 10.2. The van der Waals surface area contributed by atoms with Crippen molar-refractivity contribution in [1.29, 1.82) is 0 Å². The first-order chi connectivity index (χ1) is 15.8. The molecule has 10 heteroatoms. The molecular formula is C23H22ClFN4O4. The van der Waals surface area contributed by atoms with Crippen molar-refractivity contribution in [2.75, 3.05) is 11.9 Å². The van der Waals surface area contributed by atoms with Crippen molar-refractivity contribution in [1.82, 2.24) is 14.9 Å². The van der Waals surface area contributed by atoms with E-state index in [4.69, 9.17) is 16.3 Å². The Morgan fingerprint density at radius 3 is 2.61 bits per heavy atom. The van der Waals surface area contributed by atoms with Crippen LogP contribution in [0.25, 0.3) is 0 Å². The van der Waals surface area contributed by atoms with E-state index >= 15 is 0 Å². The van der Waals surface area contributed by atoms with Gasteiger partial charge in [0.05, 0.1) is 19.2 Å². The molecule has 1 aromatic heterocycles. The number of hydrogen-bond donors (Lipinski definition) is 2. The summed E-state index contributed by atoms with van der Waals surface area (Å²) in [6, 6.07) is 11.1. The molecule has 0 saturated heterocycles. The number of aldehydes is 1. The van der Waals surface area contributed by atoms with Crippen LogP contribution in [0.1, 0.15) is 29.8 Å². The first-order valence-corrected chi connectivity index (χ1v) is 10.5. The Bertz CT molecular complexity index is 1210. The number of anilines is 2. The fourth-order valence-electron chi connectivity index (χ4n) is 2.95. The first-order valence-electron chi connectivity index (χ1n) is 10.1. The van der Waals surface area contributed by atoms with Crippen LogP contribution in [0, 0.1) is 5.82 Å². The smallest absolute Gasteiger partial charge is 0.268 e. The minimum Gasteiger partial charge on any atom is -0.488 e. The van der Waals surface area contributed by atoms with Crippen LogP contribution >= 0.6 is 11.6 Å². The highest BCUT2D eigenvalue weighted by Gasteiger charge is 2.17. The Morgan fingerprint density at radius 1 is 1.24 bits per heavy atom. The van der Waals surface area contributed by atoms with Gasteiger partial charge in [0.2, 0.25) is 5.95 Å². The third kappa shape index (κ3) is 6.17. The standard InChI is InChI=1S/C23H22ClFN4O4/c1-14(2)33-20-8-7-17(11-19(20)25)28-23-27-12-18(21(31)26-9-10-30)22(32)29(23)13-15-3-5-16(24)6-4-15/h3-8,10-12,14H,9,13H2,1-2H3,(H,26,31)(H,27,28). The molecule has 0 saturated carbocycles. The van der Waals surface area contributed by atoms with Gasteiger partial charge in [-0.25, -0.2) is 9.37 Å². The molecular weight excluding hydrogens is 451 g/mol. The largest absolute Gasteiger partial charge is 0.488 e. The van der Waals surface area contributed by atoms with Gasteiger partial charge < -0.3 is 20.2 Å². The lowest BCUT2D eigenvalue weighted by Crippen LogP contribution is -2.35. The number of ether oxygens (including phenoxy) is 1.